The van der Waals surface area contributed by atoms with E-state index in [-0.39, 0.29) is 19.4 Å². The van der Waals surface area contributed by atoms with Gasteiger partial charge in [0, 0.05) is 0 Å². The van der Waals surface area contributed by atoms with Crippen LogP contribution in [0.5, 0.6) is 5.75 Å². The summed E-state index contributed by atoms with van der Waals surface area (Å²) in [5, 5.41) is 2.59. The van der Waals surface area contributed by atoms with E-state index in [0.29, 0.717) is 12.2 Å². The van der Waals surface area contributed by atoms with Gasteiger partial charge in [-0.05, 0) is 99.3 Å². The minimum absolute atomic E-state index is 0.00386. The Bertz CT molecular complexity index is 953. The summed E-state index contributed by atoms with van der Waals surface area (Å²) in [6.07, 6.45) is 3.75. The van der Waals surface area contributed by atoms with E-state index in [9.17, 15) is 18.8 Å². The number of benzene rings is 1. The first kappa shape index (κ1) is 33.9. The van der Waals surface area contributed by atoms with Gasteiger partial charge >= 0.3 is 18.0 Å². The molecule has 1 rings (SSSR count). The van der Waals surface area contributed by atoms with Crippen LogP contribution in [0, 0.1) is 5.92 Å². The van der Waals surface area contributed by atoms with Crippen LogP contribution in [0.1, 0.15) is 80.7 Å². The fraction of sp³-hybridized carbons (Fsp3) is 0.633. The summed E-state index contributed by atoms with van der Waals surface area (Å²) in [7, 11) is 0. The third-order valence-corrected chi connectivity index (χ3v) is 4.85. The molecule has 1 unspecified atom stereocenters. The lowest BCUT2D eigenvalue weighted by atomic mass is 9.97. The van der Waals surface area contributed by atoms with Crippen LogP contribution in [0.25, 0.3) is 0 Å². The molecule has 1 amide bonds. The first-order chi connectivity index (χ1) is 17.9. The Labute approximate surface area is 232 Å². The van der Waals surface area contributed by atoms with Crippen molar-refractivity contribution in [2.24, 2.45) is 5.92 Å². The van der Waals surface area contributed by atoms with E-state index >= 15 is 0 Å². The lowest BCUT2D eigenvalue weighted by molar-refractivity contribution is -0.161. The van der Waals surface area contributed by atoms with Gasteiger partial charge in [-0.15, -0.1) is 0 Å². The van der Waals surface area contributed by atoms with Crippen molar-refractivity contribution in [1.29, 1.82) is 0 Å². The Kier molecular flexibility index (Phi) is 13.0. The van der Waals surface area contributed by atoms with Crippen molar-refractivity contribution >= 4 is 18.0 Å². The number of esters is 2. The van der Waals surface area contributed by atoms with Crippen molar-refractivity contribution in [2.45, 2.75) is 104 Å². The van der Waals surface area contributed by atoms with Gasteiger partial charge in [-0.1, -0.05) is 24.3 Å². The van der Waals surface area contributed by atoms with Gasteiger partial charge in [0.1, 0.15) is 41.9 Å². The number of nitrogens with one attached hydrogen (secondary N) is 1. The number of amides is 1. The SMILES string of the molecule is CC(C)(C)OC(=O)N[C@@H](CCC(/C=C\Cc1ccc(OCCF)cc1)C(=O)OC(C)(C)C)C(=O)OC(C)(C)C. The predicted molar refractivity (Wildman–Crippen MR) is 148 cm³/mol. The molecule has 0 radical (unpaired) electrons. The summed E-state index contributed by atoms with van der Waals surface area (Å²) in [6.45, 7) is 15.2. The van der Waals surface area contributed by atoms with Gasteiger partial charge in [0.05, 0.1) is 5.92 Å². The van der Waals surface area contributed by atoms with E-state index < -0.39 is 53.5 Å². The molecule has 220 valence electrons. The Hall–Kier alpha value is -3.10. The summed E-state index contributed by atoms with van der Waals surface area (Å²) in [5.74, 6) is -1.14. The van der Waals surface area contributed by atoms with Crippen molar-refractivity contribution in [3.05, 3.63) is 42.0 Å². The normalized spacial score (nSPS) is 13.9. The standard InChI is InChI=1S/C30H46FNO7/c1-28(2,3)37-25(33)22(12-10-11-21-13-16-23(17-14-21)36-20-19-31)15-18-24(26(34)38-29(4,5)6)32-27(35)39-30(7,8)9/h10,12-14,16-17,22,24H,11,15,18-20H2,1-9H3,(H,32,35)/b12-10-/t22?,24-/m0/s1. The summed E-state index contributed by atoms with van der Waals surface area (Å²) < 4.78 is 34.0. The van der Waals surface area contributed by atoms with Crippen LogP contribution < -0.4 is 10.1 Å². The van der Waals surface area contributed by atoms with Crippen LogP contribution >= 0.6 is 0 Å². The number of halogens is 1. The average molecular weight is 552 g/mol. The smallest absolute Gasteiger partial charge is 0.408 e. The third-order valence-electron chi connectivity index (χ3n) is 4.85. The van der Waals surface area contributed by atoms with Crippen LogP contribution in [0.4, 0.5) is 9.18 Å². The molecule has 0 aliphatic heterocycles. The maximum Gasteiger partial charge on any atom is 0.408 e. The maximum absolute atomic E-state index is 13.0. The fourth-order valence-electron chi connectivity index (χ4n) is 3.33. The number of carbonyl (C=O) groups excluding carboxylic acids is 3. The lowest BCUT2D eigenvalue weighted by Gasteiger charge is -2.27. The van der Waals surface area contributed by atoms with Crippen molar-refractivity contribution in [2.75, 3.05) is 13.3 Å². The highest BCUT2D eigenvalue weighted by molar-refractivity contribution is 5.82. The van der Waals surface area contributed by atoms with Crippen molar-refractivity contribution in [3.63, 3.8) is 0 Å². The minimum Gasteiger partial charge on any atom is -0.491 e. The van der Waals surface area contributed by atoms with E-state index in [4.69, 9.17) is 18.9 Å². The molecule has 1 N–H and O–H groups in total. The average Bonchev–Trinajstić information content (AvgIpc) is 2.76. The Morgan fingerprint density at radius 3 is 1.87 bits per heavy atom. The molecule has 0 heterocycles. The van der Waals surface area contributed by atoms with E-state index in [0.717, 1.165) is 5.56 Å². The number of allylic oxidation sites excluding steroid dienone is 1. The zero-order valence-corrected chi connectivity index (χ0v) is 24.9. The molecule has 0 spiro atoms. The first-order valence-corrected chi connectivity index (χ1v) is 13.3. The highest BCUT2D eigenvalue weighted by Gasteiger charge is 2.31. The molecule has 0 saturated heterocycles. The Morgan fingerprint density at radius 1 is 0.821 bits per heavy atom. The highest BCUT2D eigenvalue weighted by Crippen LogP contribution is 2.20. The quantitative estimate of drug-likeness (QED) is 0.190. The molecule has 1 aromatic carbocycles. The largest absolute Gasteiger partial charge is 0.491 e. The van der Waals surface area contributed by atoms with Gasteiger partial charge < -0.3 is 24.3 Å². The molecule has 39 heavy (non-hydrogen) atoms. The fourth-order valence-corrected chi connectivity index (χ4v) is 3.33. The molecule has 0 fully saturated rings. The number of hydrogen-bond acceptors (Lipinski definition) is 7. The molecule has 9 heteroatoms. The zero-order valence-electron chi connectivity index (χ0n) is 24.9. The monoisotopic (exact) mass is 551 g/mol. The topological polar surface area (TPSA) is 100 Å². The van der Waals surface area contributed by atoms with Crippen LogP contribution in [0.2, 0.25) is 0 Å². The second-order valence-electron chi connectivity index (χ2n) is 12.3. The van der Waals surface area contributed by atoms with Crippen molar-refractivity contribution < 1.29 is 37.7 Å². The maximum atomic E-state index is 13.0. The molecule has 2 atom stereocenters. The number of rotatable bonds is 12. The van der Waals surface area contributed by atoms with Gasteiger partial charge in [0.25, 0.3) is 0 Å². The van der Waals surface area contributed by atoms with Gasteiger partial charge in [-0.2, -0.15) is 0 Å². The number of ether oxygens (including phenoxy) is 4. The predicted octanol–water partition coefficient (Wildman–Crippen LogP) is 6.11. The molecule has 0 aromatic heterocycles. The molecule has 0 aliphatic carbocycles. The number of hydrogen-bond donors (Lipinski definition) is 1. The molecular weight excluding hydrogens is 505 g/mol. The van der Waals surface area contributed by atoms with E-state index in [1.165, 1.54) is 0 Å². The number of alkyl carbamates (subject to hydrolysis) is 1. The Morgan fingerprint density at radius 2 is 1.36 bits per heavy atom. The Balaban J connectivity index is 3.03. The highest BCUT2D eigenvalue weighted by atomic mass is 19.1. The summed E-state index contributed by atoms with van der Waals surface area (Å²) in [5.41, 5.74) is -1.23. The molecule has 0 bridgehead atoms. The molecule has 1 aromatic rings. The van der Waals surface area contributed by atoms with Crippen molar-refractivity contribution in [1.82, 2.24) is 5.32 Å². The summed E-state index contributed by atoms with van der Waals surface area (Å²) >= 11 is 0. The first-order valence-electron chi connectivity index (χ1n) is 13.3. The van der Waals surface area contributed by atoms with Crippen LogP contribution in [0.15, 0.2) is 36.4 Å². The second kappa shape index (κ2) is 14.9. The van der Waals surface area contributed by atoms with E-state index in [1.54, 1.807) is 80.5 Å². The molecule has 0 aliphatic rings. The van der Waals surface area contributed by atoms with Crippen LogP contribution in [0.3, 0.4) is 0 Å². The van der Waals surface area contributed by atoms with Gasteiger partial charge in [0.2, 0.25) is 0 Å². The third kappa shape index (κ3) is 15.8. The van der Waals surface area contributed by atoms with Gasteiger partial charge in [-0.3, -0.25) is 4.79 Å². The minimum atomic E-state index is -1.02. The van der Waals surface area contributed by atoms with Crippen LogP contribution in [-0.4, -0.2) is 54.2 Å². The van der Waals surface area contributed by atoms with E-state index in [1.807, 2.05) is 18.2 Å². The molecule has 8 nitrogen and oxygen atoms in total. The number of alkyl halides is 1. The molecule has 0 saturated carbocycles. The van der Waals surface area contributed by atoms with Gasteiger partial charge in [-0.25, -0.2) is 14.0 Å². The lowest BCUT2D eigenvalue weighted by Crippen LogP contribution is -2.46. The van der Waals surface area contributed by atoms with E-state index in [2.05, 4.69) is 5.32 Å². The summed E-state index contributed by atoms with van der Waals surface area (Å²) in [4.78, 5) is 38.4. The summed E-state index contributed by atoms with van der Waals surface area (Å²) in [6, 6.07) is 6.23. The van der Waals surface area contributed by atoms with Crippen molar-refractivity contribution in [3.8, 4) is 5.75 Å². The number of carbonyl (C=O) groups is 3. The van der Waals surface area contributed by atoms with Gasteiger partial charge in [0.15, 0.2) is 0 Å². The second-order valence-corrected chi connectivity index (χ2v) is 12.3. The zero-order chi connectivity index (χ0) is 29.9. The molecular formula is C30H46FNO7. The van der Waals surface area contributed by atoms with Crippen LogP contribution in [-0.2, 0) is 30.2 Å².